The SMILES string of the molecule is Cc1nn(C)c2nc(-c3ccccc3)cc(C(=O)OCC(=O)Nc3c(Br)cc([N+](=O)[O-])cc3Br)c12. The van der Waals surface area contributed by atoms with E-state index in [9.17, 15) is 19.7 Å². The van der Waals surface area contributed by atoms with E-state index in [0.29, 0.717) is 31.4 Å². The molecule has 12 heteroatoms. The van der Waals surface area contributed by atoms with Crippen molar-refractivity contribution in [1.29, 1.82) is 0 Å². The van der Waals surface area contributed by atoms with Gasteiger partial charge in [-0.05, 0) is 44.8 Å². The highest BCUT2D eigenvalue weighted by atomic mass is 79.9. The lowest BCUT2D eigenvalue weighted by Crippen LogP contribution is -2.21. The van der Waals surface area contributed by atoms with Crippen molar-refractivity contribution < 1.29 is 19.2 Å². The zero-order chi connectivity index (χ0) is 25.3. The number of pyridine rings is 1. The van der Waals surface area contributed by atoms with Gasteiger partial charge in [-0.2, -0.15) is 5.10 Å². The fraction of sp³-hybridized carbons (Fsp3) is 0.130. The number of esters is 1. The molecule has 0 saturated carbocycles. The van der Waals surface area contributed by atoms with Crippen molar-refractivity contribution in [1.82, 2.24) is 14.8 Å². The number of nitrogens with one attached hydrogen (secondary N) is 1. The number of non-ortho nitro benzene ring substituents is 1. The standard InChI is InChI=1S/C23H17Br2N5O5/c1-12-20-15(10-18(13-6-4-3-5-7-13)26-22(20)29(2)28-12)23(32)35-11-19(31)27-21-16(24)8-14(30(33)34)9-17(21)25/h3-10H,11H2,1-2H3,(H,27,31). The summed E-state index contributed by atoms with van der Waals surface area (Å²) in [5, 5.41) is 18.5. The molecule has 2 heterocycles. The summed E-state index contributed by atoms with van der Waals surface area (Å²) in [6.45, 7) is 1.19. The van der Waals surface area contributed by atoms with Crippen LogP contribution in [0.4, 0.5) is 11.4 Å². The molecule has 0 fully saturated rings. The van der Waals surface area contributed by atoms with Gasteiger partial charge in [-0.1, -0.05) is 30.3 Å². The molecule has 4 rings (SSSR count). The van der Waals surface area contributed by atoms with E-state index in [1.807, 2.05) is 30.3 Å². The Morgan fingerprint density at radius 3 is 2.43 bits per heavy atom. The minimum Gasteiger partial charge on any atom is -0.452 e. The average molecular weight is 603 g/mol. The van der Waals surface area contributed by atoms with Crippen molar-refractivity contribution in [2.24, 2.45) is 7.05 Å². The molecule has 4 aromatic rings. The molecule has 0 atom stereocenters. The summed E-state index contributed by atoms with van der Waals surface area (Å²) in [7, 11) is 1.74. The molecule has 35 heavy (non-hydrogen) atoms. The molecule has 2 aromatic carbocycles. The molecule has 0 aliphatic heterocycles. The molecule has 0 bridgehead atoms. The number of rotatable bonds is 6. The smallest absolute Gasteiger partial charge is 0.339 e. The minimum atomic E-state index is -0.706. The van der Waals surface area contributed by atoms with Crippen molar-refractivity contribution in [2.75, 3.05) is 11.9 Å². The molecule has 0 spiro atoms. The highest BCUT2D eigenvalue weighted by molar-refractivity contribution is 9.11. The van der Waals surface area contributed by atoms with Crippen LogP contribution < -0.4 is 5.32 Å². The maximum Gasteiger partial charge on any atom is 0.339 e. The van der Waals surface area contributed by atoms with Gasteiger partial charge < -0.3 is 10.1 Å². The topological polar surface area (TPSA) is 129 Å². The van der Waals surface area contributed by atoms with Gasteiger partial charge in [0.1, 0.15) is 0 Å². The number of hydrogen-bond donors (Lipinski definition) is 1. The maximum absolute atomic E-state index is 13.1. The predicted octanol–water partition coefficient (Wildman–Crippen LogP) is 5.17. The first kappa shape index (κ1) is 24.5. The second-order valence-electron chi connectivity index (χ2n) is 7.49. The molecule has 1 N–H and O–H groups in total. The van der Waals surface area contributed by atoms with Crippen molar-refractivity contribution in [2.45, 2.75) is 6.92 Å². The number of nitrogens with zero attached hydrogens (tertiary/aromatic N) is 4. The van der Waals surface area contributed by atoms with Gasteiger partial charge in [0.15, 0.2) is 12.3 Å². The third-order valence-electron chi connectivity index (χ3n) is 5.09. The van der Waals surface area contributed by atoms with Crippen LogP contribution in [0.15, 0.2) is 57.5 Å². The third kappa shape index (κ3) is 5.08. The minimum absolute atomic E-state index is 0.157. The maximum atomic E-state index is 13.1. The van der Waals surface area contributed by atoms with E-state index >= 15 is 0 Å². The number of nitro benzene ring substituents is 1. The molecule has 0 aliphatic carbocycles. The second-order valence-corrected chi connectivity index (χ2v) is 9.20. The lowest BCUT2D eigenvalue weighted by Gasteiger charge is -2.11. The monoisotopic (exact) mass is 601 g/mol. The summed E-state index contributed by atoms with van der Waals surface area (Å²) >= 11 is 6.41. The lowest BCUT2D eigenvalue weighted by atomic mass is 10.1. The Kier molecular flexibility index (Phi) is 6.94. The molecule has 0 aliphatic rings. The Morgan fingerprint density at radius 2 is 1.80 bits per heavy atom. The first-order chi connectivity index (χ1) is 16.7. The number of hydrogen-bond acceptors (Lipinski definition) is 7. The number of halogens is 2. The van der Waals surface area contributed by atoms with Crippen LogP contribution in [0.25, 0.3) is 22.3 Å². The summed E-state index contributed by atoms with van der Waals surface area (Å²) in [5.74, 6) is -1.33. The Labute approximate surface area is 215 Å². The van der Waals surface area contributed by atoms with Crippen LogP contribution in [0.3, 0.4) is 0 Å². The number of nitro groups is 1. The van der Waals surface area contributed by atoms with Crippen molar-refractivity contribution in [3.05, 3.63) is 78.8 Å². The summed E-state index contributed by atoms with van der Waals surface area (Å²) in [6, 6.07) is 13.5. The molecule has 0 radical (unpaired) electrons. The number of fused-ring (bicyclic) bond motifs is 1. The Balaban J connectivity index is 1.58. The van der Waals surface area contributed by atoms with E-state index < -0.39 is 23.4 Å². The number of ether oxygens (including phenoxy) is 1. The van der Waals surface area contributed by atoms with E-state index in [0.717, 1.165) is 5.56 Å². The van der Waals surface area contributed by atoms with Crippen molar-refractivity contribution in [3.8, 4) is 11.3 Å². The molecular weight excluding hydrogens is 586 g/mol. The molecule has 178 valence electrons. The van der Waals surface area contributed by atoms with Gasteiger partial charge >= 0.3 is 5.97 Å². The molecule has 10 nitrogen and oxygen atoms in total. The van der Waals surface area contributed by atoms with E-state index in [2.05, 4.69) is 47.3 Å². The zero-order valence-corrected chi connectivity index (χ0v) is 21.6. The highest BCUT2D eigenvalue weighted by Gasteiger charge is 2.22. The quantitative estimate of drug-likeness (QED) is 0.183. The van der Waals surface area contributed by atoms with E-state index in [1.165, 1.54) is 12.1 Å². The number of aryl methyl sites for hydroxylation is 2. The fourth-order valence-corrected chi connectivity index (χ4v) is 4.89. The summed E-state index contributed by atoms with van der Waals surface area (Å²) in [6.07, 6.45) is 0. The van der Waals surface area contributed by atoms with Crippen molar-refractivity contribution in [3.63, 3.8) is 0 Å². The molecule has 1 amide bonds. The summed E-state index contributed by atoms with van der Waals surface area (Å²) in [4.78, 5) is 40.6. The third-order valence-corrected chi connectivity index (χ3v) is 6.35. The van der Waals surface area contributed by atoms with Gasteiger partial charge in [0.25, 0.3) is 11.6 Å². The number of carbonyl (C=O) groups is 2. The van der Waals surface area contributed by atoms with Crippen LogP contribution in [0, 0.1) is 17.0 Å². The Hall–Kier alpha value is -3.64. The average Bonchev–Trinajstić information content (AvgIpc) is 3.12. The number of amides is 1. The molecule has 0 unspecified atom stereocenters. The Morgan fingerprint density at radius 1 is 1.14 bits per heavy atom. The number of carbonyl (C=O) groups excluding carboxylic acids is 2. The van der Waals surface area contributed by atoms with Gasteiger partial charge in [0.2, 0.25) is 0 Å². The molecule has 2 aromatic heterocycles. The largest absolute Gasteiger partial charge is 0.452 e. The van der Waals surface area contributed by atoms with Gasteiger partial charge in [-0.25, -0.2) is 9.78 Å². The van der Waals surface area contributed by atoms with Crippen LogP contribution >= 0.6 is 31.9 Å². The van der Waals surface area contributed by atoms with Gasteiger partial charge in [-0.3, -0.25) is 19.6 Å². The number of benzene rings is 2. The van der Waals surface area contributed by atoms with Crippen LogP contribution in [-0.4, -0.2) is 38.2 Å². The molecule has 0 saturated heterocycles. The lowest BCUT2D eigenvalue weighted by molar-refractivity contribution is -0.385. The van der Waals surface area contributed by atoms with Gasteiger partial charge in [-0.15, -0.1) is 0 Å². The predicted molar refractivity (Wildman–Crippen MR) is 136 cm³/mol. The fourth-order valence-electron chi connectivity index (χ4n) is 3.53. The highest BCUT2D eigenvalue weighted by Crippen LogP contribution is 2.35. The van der Waals surface area contributed by atoms with E-state index in [4.69, 9.17) is 4.74 Å². The first-order valence-electron chi connectivity index (χ1n) is 10.2. The van der Waals surface area contributed by atoms with Crippen LogP contribution in [0.5, 0.6) is 0 Å². The summed E-state index contributed by atoms with van der Waals surface area (Å²) in [5.41, 5.74) is 2.85. The normalized spacial score (nSPS) is 10.9. The number of anilines is 1. The van der Waals surface area contributed by atoms with E-state index in [1.54, 1.807) is 24.7 Å². The van der Waals surface area contributed by atoms with Crippen LogP contribution in [-0.2, 0) is 16.6 Å². The second kappa shape index (κ2) is 9.92. The van der Waals surface area contributed by atoms with E-state index in [-0.39, 0.29) is 16.9 Å². The first-order valence-corrected chi connectivity index (χ1v) is 11.7. The molecular formula is C23H17Br2N5O5. The number of aromatic nitrogens is 3. The Bertz CT molecular complexity index is 1460. The van der Waals surface area contributed by atoms with Crippen LogP contribution in [0.2, 0.25) is 0 Å². The van der Waals surface area contributed by atoms with Gasteiger partial charge in [0, 0.05) is 33.7 Å². The van der Waals surface area contributed by atoms with Crippen molar-refractivity contribution >= 4 is 66.1 Å². The zero-order valence-electron chi connectivity index (χ0n) is 18.4. The van der Waals surface area contributed by atoms with Crippen LogP contribution in [0.1, 0.15) is 16.1 Å². The van der Waals surface area contributed by atoms with Gasteiger partial charge in [0.05, 0.1) is 32.9 Å². The summed E-state index contributed by atoms with van der Waals surface area (Å²) < 4.78 is 7.50.